The van der Waals surface area contributed by atoms with Crippen molar-refractivity contribution in [1.29, 1.82) is 0 Å². The van der Waals surface area contributed by atoms with E-state index in [1.165, 1.54) is 12.8 Å². The number of nitrogens with one attached hydrogen (secondary N) is 1. The van der Waals surface area contributed by atoms with Gasteiger partial charge in [-0.05, 0) is 19.8 Å². The first-order valence-corrected chi connectivity index (χ1v) is 8.49. The number of likely N-dealkylation sites (N-methyl/N-ethyl adjacent to an activating group) is 1. The summed E-state index contributed by atoms with van der Waals surface area (Å²) in [6.07, 6.45) is 3.26. The molecule has 3 aliphatic rings. The fraction of sp³-hybridized carbons (Fsp3) is 0.765. The minimum atomic E-state index is 0. The minimum absolute atomic E-state index is 0. The molecule has 4 unspecified atom stereocenters. The smallest absolute Gasteiger partial charge is 0.243 e. The number of amides is 1. The molecule has 0 spiro atoms. The molecule has 136 valence electrons. The second-order valence-corrected chi connectivity index (χ2v) is 7.26. The van der Waals surface area contributed by atoms with E-state index < -0.39 is 0 Å². The molecule has 24 heavy (non-hydrogen) atoms. The summed E-state index contributed by atoms with van der Waals surface area (Å²) in [7, 11) is 3.52. The van der Waals surface area contributed by atoms with Crippen molar-refractivity contribution in [3.8, 4) is 0 Å². The van der Waals surface area contributed by atoms with Crippen molar-refractivity contribution in [3.63, 3.8) is 0 Å². The summed E-state index contributed by atoms with van der Waals surface area (Å²) < 4.78 is 6.03. The molecule has 0 aliphatic carbocycles. The van der Waals surface area contributed by atoms with Crippen molar-refractivity contribution in [1.82, 2.24) is 15.1 Å². The zero-order valence-corrected chi connectivity index (χ0v) is 17.2. The molecule has 3 rings (SSSR count). The molecule has 0 aromatic rings. The van der Waals surface area contributed by atoms with Crippen LogP contribution in [0.15, 0.2) is 17.1 Å². The van der Waals surface area contributed by atoms with E-state index in [4.69, 9.17) is 4.74 Å². The van der Waals surface area contributed by atoms with E-state index in [9.17, 15) is 4.79 Å². The molecule has 0 aromatic carbocycles. The highest BCUT2D eigenvalue weighted by atomic mass is 127. The van der Waals surface area contributed by atoms with Gasteiger partial charge in [0.05, 0.1) is 12.2 Å². The normalized spacial score (nSPS) is 30.8. The van der Waals surface area contributed by atoms with Crippen LogP contribution < -0.4 is 5.32 Å². The lowest BCUT2D eigenvalue weighted by molar-refractivity contribution is -0.127. The Bertz CT molecular complexity index is 505. The highest BCUT2D eigenvalue weighted by Crippen LogP contribution is 2.47. The lowest BCUT2D eigenvalue weighted by Crippen LogP contribution is -2.42. The van der Waals surface area contributed by atoms with Gasteiger partial charge in [-0.25, -0.2) is 4.99 Å². The standard InChI is InChI=1S/C17H28N4O2.HI/c1-11(2)7-18-17(19-8-16(22)20(3)4)21-9-12-13(10-21)15-6-5-14(12)23-15;/h12-15H,1,5-10H2,2-4H3,(H,18,19);1H. The van der Waals surface area contributed by atoms with Gasteiger partial charge in [-0.15, -0.1) is 24.0 Å². The van der Waals surface area contributed by atoms with Crippen LogP contribution in [0.25, 0.3) is 0 Å². The highest BCUT2D eigenvalue weighted by molar-refractivity contribution is 14.0. The van der Waals surface area contributed by atoms with E-state index in [2.05, 4.69) is 21.8 Å². The maximum Gasteiger partial charge on any atom is 0.243 e. The molecule has 3 saturated heterocycles. The number of guanidine groups is 1. The third-order valence-corrected chi connectivity index (χ3v) is 5.16. The maximum atomic E-state index is 11.8. The predicted octanol–water partition coefficient (Wildman–Crippen LogP) is 1.32. The molecule has 7 heteroatoms. The lowest BCUT2D eigenvalue weighted by Gasteiger charge is -2.24. The topological polar surface area (TPSA) is 57.2 Å². The van der Waals surface area contributed by atoms with E-state index >= 15 is 0 Å². The number of fused-ring (bicyclic) bond motifs is 5. The van der Waals surface area contributed by atoms with Crippen LogP contribution in [0.3, 0.4) is 0 Å². The first kappa shape index (κ1) is 19.5. The first-order chi connectivity index (χ1) is 11.0. The van der Waals surface area contributed by atoms with Crippen molar-refractivity contribution in [2.75, 3.05) is 40.3 Å². The van der Waals surface area contributed by atoms with Gasteiger partial charge in [0.15, 0.2) is 5.96 Å². The fourth-order valence-corrected chi connectivity index (χ4v) is 3.91. The number of nitrogens with zero attached hydrogens (tertiary/aromatic N) is 3. The molecule has 4 atom stereocenters. The Kier molecular flexibility index (Phi) is 6.52. The Labute approximate surface area is 161 Å². The average molecular weight is 448 g/mol. The van der Waals surface area contributed by atoms with Gasteiger partial charge in [0, 0.05) is 45.6 Å². The molecule has 6 nitrogen and oxygen atoms in total. The van der Waals surface area contributed by atoms with Crippen LogP contribution in [0.5, 0.6) is 0 Å². The maximum absolute atomic E-state index is 11.8. The third-order valence-electron chi connectivity index (χ3n) is 5.16. The number of likely N-dealkylation sites (tertiary alicyclic amines) is 1. The molecule has 0 aromatic heterocycles. The number of rotatable bonds is 4. The van der Waals surface area contributed by atoms with Crippen molar-refractivity contribution in [2.45, 2.75) is 32.0 Å². The van der Waals surface area contributed by atoms with E-state index in [1.807, 2.05) is 6.92 Å². The van der Waals surface area contributed by atoms with Crippen LogP contribution in [0.1, 0.15) is 19.8 Å². The summed E-state index contributed by atoms with van der Waals surface area (Å²) in [5.74, 6) is 2.09. The molecular formula is C17H29IN4O2. The molecule has 2 bridgehead atoms. The Morgan fingerprint density at radius 1 is 1.29 bits per heavy atom. The second-order valence-electron chi connectivity index (χ2n) is 7.26. The van der Waals surface area contributed by atoms with Gasteiger partial charge in [0.1, 0.15) is 6.54 Å². The predicted molar refractivity (Wildman–Crippen MR) is 106 cm³/mol. The Balaban J connectivity index is 0.00000208. The monoisotopic (exact) mass is 448 g/mol. The van der Waals surface area contributed by atoms with Gasteiger partial charge in [-0.3, -0.25) is 4.79 Å². The molecule has 1 amide bonds. The minimum Gasteiger partial charge on any atom is -0.374 e. The first-order valence-electron chi connectivity index (χ1n) is 8.49. The lowest BCUT2D eigenvalue weighted by atomic mass is 9.82. The van der Waals surface area contributed by atoms with Gasteiger partial charge >= 0.3 is 0 Å². The number of ether oxygens (including phenoxy) is 1. The van der Waals surface area contributed by atoms with Crippen LogP contribution in [-0.4, -0.2) is 74.1 Å². The summed E-state index contributed by atoms with van der Waals surface area (Å²) in [5, 5.41) is 3.36. The number of halogens is 1. The van der Waals surface area contributed by atoms with E-state index in [0.717, 1.165) is 24.6 Å². The summed E-state index contributed by atoms with van der Waals surface area (Å²) >= 11 is 0. The summed E-state index contributed by atoms with van der Waals surface area (Å²) in [6.45, 7) is 8.74. The van der Waals surface area contributed by atoms with Crippen LogP contribution in [0, 0.1) is 11.8 Å². The van der Waals surface area contributed by atoms with Gasteiger partial charge in [0.2, 0.25) is 5.91 Å². The zero-order chi connectivity index (χ0) is 16.6. The van der Waals surface area contributed by atoms with Crippen molar-refractivity contribution in [3.05, 3.63) is 12.2 Å². The zero-order valence-electron chi connectivity index (χ0n) is 14.8. The highest BCUT2D eigenvalue weighted by Gasteiger charge is 2.53. The number of aliphatic imine (C=N–C) groups is 1. The van der Waals surface area contributed by atoms with E-state index in [1.54, 1.807) is 19.0 Å². The largest absolute Gasteiger partial charge is 0.374 e. The van der Waals surface area contributed by atoms with Gasteiger partial charge in [-0.1, -0.05) is 12.2 Å². The fourth-order valence-electron chi connectivity index (χ4n) is 3.91. The molecule has 0 radical (unpaired) electrons. The molecular weight excluding hydrogens is 419 g/mol. The summed E-state index contributed by atoms with van der Waals surface area (Å²) in [4.78, 5) is 20.3. The van der Waals surface area contributed by atoms with Crippen LogP contribution >= 0.6 is 24.0 Å². The van der Waals surface area contributed by atoms with E-state index in [0.29, 0.717) is 30.6 Å². The van der Waals surface area contributed by atoms with E-state index in [-0.39, 0.29) is 36.4 Å². The SMILES string of the molecule is C=C(C)CNC(=NCC(=O)N(C)C)N1CC2C3CCC(O3)C2C1.I. The molecule has 3 heterocycles. The second kappa shape index (κ2) is 8.03. The Hall–Kier alpha value is -0.830. The number of carbonyl (C=O) groups is 1. The van der Waals surface area contributed by atoms with Crippen LogP contribution in [0.4, 0.5) is 0 Å². The quantitative estimate of drug-likeness (QED) is 0.305. The van der Waals surface area contributed by atoms with Crippen LogP contribution in [0.2, 0.25) is 0 Å². The third kappa shape index (κ3) is 4.04. The van der Waals surface area contributed by atoms with Crippen molar-refractivity contribution < 1.29 is 9.53 Å². The molecule has 1 N–H and O–H groups in total. The summed E-state index contributed by atoms with van der Waals surface area (Å²) in [6, 6.07) is 0. The van der Waals surface area contributed by atoms with Gasteiger partial charge < -0.3 is 19.9 Å². The van der Waals surface area contributed by atoms with Crippen LogP contribution in [-0.2, 0) is 9.53 Å². The molecule has 3 aliphatic heterocycles. The molecule has 0 saturated carbocycles. The number of hydrogen-bond acceptors (Lipinski definition) is 3. The van der Waals surface area contributed by atoms with Crippen molar-refractivity contribution in [2.24, 2.45) is 16.8 Å². The molecule has 3 fully saturated rings. The number of hydrogen-bond donors (Lipinski definition) is 1. The number of carbonyl (C=O) groups excluding carboxylic acids is 1. The average Bonchev–Trinajstić information content (AvgIpc) is 3.18. The van der Waals surface area contributed by atoms with Crippen molar-refractivity contribution >= 4 is 35.8 Å². The Morgan fingerprint density at radius 3 is 2.38 bits per heavy atom. The summed E-state index contributed by atoms with van der Waals surface area (Å²) in [5.41, 5.74) is 1.06. The van der Waals surface area contributed by atoms with Gasteiger partial charge in [-0.2, -0.15) is 0 Å². The van der Waals surface area contributed by atoms with Gasteiger partial charge in [0.25, 0.3) is 0 Å². The Morgan fingerprint density at radius 2 is 1.88 bits per heavy atom.